The summed E-state index contributed by atoms with van der Waals surface area (Å²) < 4.78 is 5.74. The molecule has 0 aromatic rings. The van der Waals surface area contributed by atoms with Crippen molar-refractivity contribution in [2.75, 3.05) is 0 Å². The van der Waals surface area contributed by atoms with Crippen molar-refractivity contribution in [1.29, 1.82) is 0 Å². The molecule has 70 valence electrons. The van der Waals surface area contributed by atoms with Gasteiger partial charge in [0, 0.05) is 11.8 Å². The third kappa shape index (κ3) is 1.49. The normalized spacial score (nSPS) is 41.5. The molecular formula is C10H18OS. The standard InChI is InChI=1S/C10H18OS/c1-5-9(3)7-10(4,6-2)11-8(9)12/h5-7H2,1-4H3. The van der Waals surface area contributed by atoms with E-state index in [-0.39, 0.29) is 11.0 Å². The minimum absolute atomic E-state index is 0.00183. The minimum atomic E-state index is 0.00183. The van der Waals surface area contributed by atoms with Crippen LogP contribution in [0, 0.1) is 5.41 Å². The fraction of sp³-hybridized carbons (Fsp3) is 0.900. The van der Waals surface area contributed by atoms with E-state index in [1.54, 1.807) is 0 Å². The Morgan fingerprint density at radius 3 is 2.17 bits per heavy atom. The summed E-state index contributed by atoms with van der Waals surface area (Å²) in [5, 5.41) is 0.814. The topological polar surface area (TPSA) is 9.23 Å². The summed E-state index contributed by atoms with van der Waals surface area (Å²) in [4.78, 5) is 0. The van der Waals surface area contributed by atoms with Crippen molar-refractivity contribution in [3.63, 3.8) is 0 Å². The van der Waals surface area contributed by atoms with Crippen LogP contribution in [-0.4, -0.2) is 10.7 Å². The molecular weight excluding hydrogens is 168 g/mol. The number of ether oxygens (including phenoxy) is 1. The Labute approximate surface area is 80.5 Å². The quantitative estimate of drug-likeness (QED) is 0.612. The summed E-state index contributed by atoms with van der Waals surface area (Å²) >= 11 is 5.25. The fourth-order valence-electron chi connectivity index (χ4n) is 1.75. The molecule has 1 aliphatic rings. The van der Waals surface area contributed by atoms with Gasteiger partial charge in [-0.2, -0.15) is 0 Å². The monoisotopic (exact) mass is 186 g/mol. The van der Waals surface area contributed by atoms with Crippen molar-refractivity contribution in [3.05, 3.63) is 0 Å². The second-order valence-corrected chi connectivity index (χ2v) is 4.65. The Hall–Kier alpha value is -0.110. The molecule has 0 saturated carbocycles. The molecule has 1 aliphatic heterocycles. The van der Waals surface area contributed by atoms with Gasteiger partial charge in [0.15, 0.2) is 5.05 Å². The van der Waals surface area contributed by atoms with Gasteiger partial charge in [-0.05, 0) is 32.0 Å². The Balaban J connectivity index is 2.81. The van der Waals surface area contributed by atoms with Gasteiger partial charge in [0.05, 0.1) is 0 Å². The summed E-state index contributed by atoms with van der Waals surface area (Å²) in [6, 6.07) is 0. The number of hydrogen-bond acceptors (Lipinski definition) is 2. The van der Waals surface area contributed by atoms with Crippen molar-refractivity contribution in [3.8, 4) is 0 Å². The predicted molar refractivity (Wildman–Crippen MR) is 55.4 cm³/mol. The Bertz CT molecular complexity index is 202. The number of hydrogen-bond donors (Lipinski definition) is 0. The molecule has 0 spiro atoms. The molecule has 1 saturated heterocycles. The van der Waals surface area contributed by atoms with E-state index >= 15 is 0 Å². The SMILES string of the molecule is CCC1(C)CC(C)(CC)C(=S)O1. The second-order valence-electron chi connectivity index (χ2n) is 4.28. The zero-order valence-electron chi connectivity index (χ0n) is 8.44. The molecule has 1 nitrogen and oxygen atoms in total. The molecule has 0 bridgehead atoms. The molecule has 0 amide bonds. The smallest absolute Gasteiger partial charge is 0.166 e. The summed E-state index contributed by atoms with van der Waals surface area (Å²) in [5.41, 5.74) is 0.141. The first-order chi connectivity index (χ1) is 5.46. The highest BCUT2D eigenvalue weighted by atomic mass is 32.1. The van der Waals surface area contributed by atoms with E-state index in [1.807, 2.05) is 0 Å². The first-order valence-corrected chi connectivity index (χ1v) is 5.10. The zero-order valence-corrected chi connectivity index (χ0v) is 9.25. The molecule has 2 unspecified atom stereocenters. The van der Waals surface area contributed by atoms with E-state index in [1.165, 1.54) is 0 Å². The van der Waals surface area contributed by atoms with Crippen molar-refractivity contribution in [2.24, 2.45) is 5.41 Å². The van der Waals surface area contributed by atoms with Crippen LogP contribution in [0.5, 0.6) is 0 Å². The first-order valence-electron chi connectivity index (χ1n) is 4.69. The van der Waals surface area contributed by atoms with Crippen LogP contribution >= 0.6 is 12.2 Å². The van der Waals surface area contributed by atoms with Crippen molar-refractivity contribution < 1.29 is 4.74 Å². The van der Waals surface area contributed by atoms with Gasteiger partial charge in [-0.3, -0.25) is 0 Å². The molecule has 0 N–H and O–H groups in total. The van der Waals surface area contributed by atoms with Gasteiger partial charge in [-0.25, -0.2) is 0 Å². The van der Waals surface area contributed by atoms with Gasteiger partial charge in [0.1, 0.15) is 5.60 Å². The van der Waals surface area contributed by atoms with Gasteiger partial charge >= 0.3 is 0 Å². The molecule has 0 aromatic carbocycles. The van der Waals surface area contributed by atoms with Gasteiger partial charge in [0.2, 0.25) is 0 Å². The summed E-state index contributed by atoms with van der Waals surface area (Å²) in [6.07, 6.45) is 3.20. The lowest BCUT2D eigenvalue weighted by atomic mass is 9.80. The first kappa shape index (κ1) is 9.97. The molecule has 1 rings (SSSR count). The highest BCUT2D eigenvalue weighted by Crippen LogP contribution is 2.44. The molecule has 0 aliphatic carbocycles. The van der Waals surface area contributed by atoms with Crippen LogP contribution in [0.3, 0.4) is 0 Å². The van der Waals surface area contributed by atoms with Crippen molar-refractivity contribution in [2.45, 2.75) is 52.6 Å². The lowest BCUT2D eigenvalue weighted by molar-refractivity contribution is 0.0952. The maximum Gasteiger partial charge on any atom is 0.166 e. The average molecular weight is 186 g/mol. The third-order valence-corrected chi connectivity index (χ3v) is 3.70. The number of rotatable bonds is 2. The number of thiocarbonyl (C=S) groups is 1. The van der Waals surface area contributed by atoms with Gasteiger partial charge in [-0.1, -0.05) is 20.8 Å². The minimum Gasteiger partial charge on any atom is -0.480 e. The zero-order chi connectivity index (χ0) is 9.41. The second kappa shape index (κ2) is 2.99. The lowest BCUT2D eigenvalue weighted by Gasteiger charge is -2.22. The Morgan fingerprint density at radius 2 is 1.92 bits per heavy atom. The summed E-state index contributed by atoms with van der Waals surface area (Å²) in [6.45, 7) is 8.69. The van der Waals surface area contributed by atoms with Gasteiger partial charge in [0.25, 0.3) is 0 Å². The molecule has 0 radical (unpaired) electrons. The van der Waals surface area contributed by atoms with Crippen LogP contribution in [0.1, 0.15) is 47.0 Å². The van der Waals surface area contributed by atoms with Gasteiger partial charge < -0.3 is 4.74 Å². The van der Waals surface area contributed by atoms with E-state index in [2.05, 4.69) is 27.7 Å². The predicted octanol–water partition coefficient (Wildman–Crippen LogP) is 3.32. The van der Waals surface area contributed by atoms with Crippen LogP contribution in [0.4, 0.5) is 0 Å². The van der Waals surface area contributed by atoms with E-state index in [0.717, 1.165) is 24.3 Å². The Kier molecular flexibility index (Phi) is 2.48. The third-order valence-electron chi connectivity index (χ3n) is 3.12. The Morgan fingerprint density at radius 1 is 1.33 bits per heavy atom. The molecule has 2 heteroatoms. The lowest BCUT2D eigenvalue weighted by Crippen LogP contribution is -2.23. The summed E-state index contributed by atoms with van der Waals surface area (Å²) in [5.74, 6) is 0. The molecule has 1 fully saturated rings. The van der Waals surface area contributed by atoms with Crippen LogP contribution in [0.15, 0.2) is 0 Å². The van der Waals surface area contributed by atoms with Crippen LogP contribution in [-0.2, 0) is 4.74 Å². The van der Waals surface area contributed by atoms with E-state index in [0.29, 0.717) is 0 Å². The van der Waals surface area contributed by atoms with E-state index in [4.69, 9.17) is 17.0 Å². The molecule has 0 aromatic heterocycles. The maximum absolute atomic E-state index is 5.74. The average Bonchev–Trinajstić information content (AvgIpc) is 2.25. The van der Waals surface area contributed by atoms with E-state index < -0.39 is 0 Å². The van der Waals surface area contributed by atoms with Crippen LogP contribution in [0.25, 0.3) is 0 Å². The largest absolute Gasteiger partial charge is 0.480 e. The molecule has 1 heterocycles. The van der Waals surface area contributed by atoms with Crippen LogP contribution in [0.2, 0.25) is 0 Å². The highest BCUT2D eigenvalue weighted by molar-refractivity contribution is 7.80. The van der Waals surface area contributed by atoms with E-state index in [9.17, 15) is 0 Å². The van der Waals surface area contributed by atoms with Crippen molar-refractivity contribution in [1.82, 2.24) is 0 Å². The molecule has 12 heavy (non-hydrogen) atoms. The fourth-order valence-corrected chi connectivity index (χ4v) is 2.16. The van der Waals surface area contributed by atoms with Crippen molar-refractivity contribution >= 4 is 17.3 Å². The summed E-state index contributed by atoms with van der Waals surface area (Å²) in [7, 11) is 0. The van der Waals surface area contributed by atoms with Gasteiger partial charge in [-0.15, -0.1) is 0 Å². The molecule has 2 atom stereocenters. The van der Waals surface area contributed by atoms with Crippen LogP contribution < -0.4 is 0 Å². The highest BCUT2D eigenvalue weighted by Gasteiger charge is 2.46. The maximum atomic E-state index is 5.74.